The van der Waals surface area contributed by atoms with Gasteiger partial charge in [0.05, 0.1) is 32.3 Å². The van der Waals surface area contributed by atoms with Crippen molar-refractivity contribution in [2.45, 2.75) is 65.2 Å². The van der Waals surface area contributed by atoms with Crippen LogP contribution in [0.25, 0.3) is 5.70 Å². The first-order chi connectivity index (χ1) is 18.0. The largest absolute Gasteiger partial charge is 0.307 e. The van der Waals surface area contributed by atoms with Crippen LogP contribution in [0.5, 0.6) is 0 Å². The predicted molar refractivity (Wildman–Crippen MR) is 149 cm³/mol. The molecule has 0 N–H and O–H groups in total. The van der Waals surface area contributed by atoms with Gasteiger partial charge in [-0.3, -0.25) is 9.59 Å². The molecule has 0 aromatic carbocycles. The van der Waals surface area contributed by atoms with Crippen LogP contribution in [0, 0.1) is 22.7 Å². The minimum absolute atomic E-state index is 0.131. The van der Waals surface area contributed by atoms with Crippen molar-refractivity contribution in [3.8, 4) is 12.1 Å². The Kier molecular flexibility index (Phi) is 9.08. The van der Waals surface area contributed by atoms with Crippen molar-refractivity contribution in [3.63, 3.8) is 0 Å². The molecular weight excluding hydrogens is 500 g/mol. The zero-order valence-electron chi connectivity index (χ0n) is 21.5. The molecule has 0 spiro atoms. The second kappa shape index (κ2) is 12.4. The summed E-state index contributed by atoms with van der Waals surface area (Å²) in [7, 11) is 0. The first kappa shape index (κ1) is 27.0. The number of allylic oxidation sites excluding steroid dienone is 4. The molecule has 1 aromatic heterocycles. The molecule has 1 aromatic rings. The summed E-state index contributed by atoms with van der Waals surface area (Å²) in [6.07, 6.45) is 11.8. The Balaban J connectivity index is 1.82. The van der Waals surface area contributed by atoms with Crippen LogP contribution >= 0.6 is 23.1 Å². The standard InChI is InChI=1S/C29H32N4O2S2/c1-3-5-7-9-15-32-26(20-11-12-21(17-30)36-19-20)24-25(29(32)35)27(23-14-13-22(18-31)37-23)33(28(24)34)16-10-8-6-4-2/h11-14H,3-10,15-16,19H2,1-2H3. The molecule has 37 heavy (non-hydrogen) atoms. The van der Waals surface area contributed by atoms with Gasteiger partial charge in [0, 0.05) is 18.8 Å². The second-order valence-electron chi connectivity index (χ2n) is 9.38. The summed E-state index contributed by atoms with van der Waals surface area (Å²) in [4.78, 5) is 33.6. The fourth-order valence-electron chi connectivity index (χ4n) is 4.98. The van der Waals surface area contributed by atoms with Crippen molar-refractivity contribution in [2.24, 2.45) is 0 Å². The van der Waals surface area contributed by atoms with Crippen LogP contribution in [0.3, 0.4) is 0 Å². The van der Waals surface area contributed by atoms with E-state index in [2.05, 4.69) is 26.0 Å². The van der Waals surface area contributed by atoms with Crippen molar-refractivity contribution in [2.75, 3.05) is 18.8 Å². The molecular formula is C29H32N4O2S2. The van der Waals surface area contributed by atoms with Gasteiger partial charge in [-0.2, -0.15) is 10.5 Å². The summed E-state index contributed by atoms with van der Waals surface area (Å²) in [5.74, 6) is 0.281. The molecule has 6 nitrogen and oxygen atoms in total. The summed E-state index contributed by atoms with van der Waals surface area (Å²) in [6.45, 7) is 5.41. The van der Waals surface area contributed by atoms with E-state index in [1.54, 1.807) is 21.9 Å². The zero-order chi connectivity index (χ0) is 26.4. The lowest BCUT2D eigenvalue weighted by Gasteiger charge is -2.26. The smallest absolute Gasteiger partial charge is 0.261 e. The molecule has 0 atom stereocenters. The van der Waals surface area contributed by atoms with Gasteiger partial charge in [-0.05, 0) is 36.6 Å². The monoisotopic (exact) mass is 532 g/mol. The van der Waals surface area contributed by atoms with E-state index in [1.165, 1.54) is 23.1 Å². The zero-order valence-corrected chi connectivity index (χ0v) is 23.1. The van der Waals surface area contributed by atoms with Gasteiger partial charge in [0.2, 0.25) is 0 Å². The van der Waals surface area contributed by atoms with Crippen LogP contribution in [0.1, 0.15) is 75.0 Å². The van der Waals surface area contributed by atoms with E-state index >= 15 is 0 Å². The van der Waals surface area contributed by atoms with Gasteiger partial charge < -0.3 is 9.80 Å². The highest BCUT2D eigenvalue weighted by molar-refractivity contribution is 8.03. The normalized spacial score (nSPS) is 17.3. The summed E-state index contributed by atoms with van der Waals surface area (Å²) >= 11 is 2.76. The number of thiophene rings is 1. The van der Waals surface area contributed by atoms with E-state index in [-0.39, 0.29) is 11.8 Å². The quantitative estimate of drug-likeness (QED) is 0.286. The van der Waals surface area contributed by atoms with E-state index in [0.717, 1.165) is 61.8 Å². The second-order valence-corrected chi connectivity index (χ2v) is 11.5. The highest BCUT2D eigenvalue weighted by Crippen LogP contribution is 2.47. The Morgan fingerprint density at radius 1 is 0.811 bits per heavy atom. The van der Waals surface area contributed by atoms with Crippen LogP contribution in [0.2, 0.25) is 0 Å². The van der Waals surface area contributed by atoms with Gasteiger partial charge >= 0.3 is 0 Å². The highest BCUT2D eigenvalue weighted by atomic mass is 32.2. The SMILES string of the molecule is CCCCCCN1C(=O)C2=C(c3ccc(C#N)s3)N(CCCCCC)C(=O)C2=C1C1=CC=C(C#N)SC1. The Bertz CT molecular complexity index is 1290. The maximum Gasteiger partial charge on any atom is 0.261 e. The van der Waals surface area contributed by atoms with Gasteiger partial charge in [-0.25, -0.2) is 0 Å². The number of nitriles is 2. The third kappa shape index (κ3) is 5.46. The molecule has 4 rings (SSSR count). The van der Waals surface area contributed by atoms with E-state index in [9.17, 15) is 20.1 Å². The molecule has 2 amide bonds. The average molecular weight is 533 g/mol. The number of amides is 2. The average Bonchev–Trinajstić information content (AvgIpc) is 3.58. The van der Waals surface area contributed by atoms with Crippen molar-refractivity contribution >= 4 is 40.6 Å². The van der Waals surface area contributed by atoms with Crippen LogP contribution in [0.15, 0.2) is 51.6 Å². The minimum atomic E-state index is -0.131. The molecule has 192 valence electrons. The number of hydrogen-bond acceptors (Lipinski definition) is 6. The molecule has 3 aliphatic rings. The van der Waals surface area contributed by atoms with Crippen LogP contribution in [-0.2, 0) is 9.59 Å². The van der Waals surface area contributed by atoms with Crippen LogP contribution in [0.4, 0.5) is 0 Å². The summed E-state index contributed by atoms with van der Waals surface area (Å²) in [5, 5.41) is 18.7. The molecule has 0 unspecified atom stereocenters. The molecule has 0 aliphatic carbocycles. The number of unbranched alkanes of at least 4 members (excludes halogenated alkanes) is 6. The van der Waals surface area contributed by atoms with Crippen molar-refractivity contribution < 1.29 is 9.59 Å². The van der Waals surface area contributed by atoms with Gasteiger partial charge in [0.15, 0.2) is 0 Å². The third-order valence-corrected chi connectivity index (χ3v) is 8.83. The Hall–Kier alpha value is -3.07. The number of thioether (sulfide) groups is 1. The van der Waals surface area contributed by atoms with Gasteiger partial charge in [-0.1, -0.05) is 58.4 Å². The lowest BCUT2D eigenvalue weighted by Crippen LogP contribution is -2.32. The molecule has 0 fully saturated rings. The number of carbonyl (C=O) groups excluding carboxylic acids is 2. The summed E-state index contributed by atoms with van der Waals surface area (Å²) in [5.41, 5.74) is 3.21. The molecule has 4 heterocycles. The summed E-state index contributed by atoms with van der Waals surface area (Å²) < 4.78 is 0. The maximum absolute atomic E-state index is 14.0. The number of fused-ring (bicyclic) bond motifs is 1. The number of rotatable bonds is 12. The minimum Gasteiger partial charge on any atom is -0.307 e. The molecule has 8 heteroatoms. The molecule has 0 saturated carbocycles. The van der Waals surface area contributed by atoms with E-state index < -0.39 is 0 Å². The lowest BCUT2D eigenvalue weighted by molar-refractivity contribution is -0.124. The Morgan fingerprint density at radius 2 is 1.43 bits per heavy atom. The lowest BCUT2D eigenvalue weighted by atomic mass is 10.0. The topological polar surface area (TPSA) is 88.2 Å². The summed E-state index contributed by atoms with van der Waals surface area (Å²) in [6, 6.07) is 7.99. The van der Waals surface area contributed by atoms with Gasteiger partial charge in [0.25, 0.3) is 11.8 Å². The molecule has 0 saturated heterocycles. The van der Waals surface area contributed by atoms with Crippen molar-refractivity contribution in [3.05, 3.63) is 61.4 Å². The predicted octanol–water partition coefficient (Wildman–Crippen LogP) is 6.51. The maximum atomic E-state index is 14.0. The number of carbonyl (C=O) groups is 2. The number of nitrogens with zero attached hydrogens (tertiary/aromatic N) is 4. The molecule has 0 bridgehead atoms. The third-order valence-electron chi connectivity index (χ3n) is 6.84. The fraction of sp³-hybridized carbons (Fsp3) is 0.448. The first-order valence-electron chi connectivity index (χ1n) is 13.1. The van der Waals surface area contributed by atoms with Gasteiger partial charge in [-0.15, -0.1) is 23.1 Å². The highest BCUT2D eigenvalue weighted by Gasteiger charge is 2.49. The Morgan fingerprint density at radius 3 is 1.95 bits per heavy atom. The Labute approximate surface area is 227 Å². The number of hydrogen-bond donors (Lipinski definition) is 0. The van der Waals surface area contributed by atoms with E-state index in [4.69, 9.17) is 0 Å². The van der Waals surface area contributed by atoms with Crippen molar-refractivity contribution in [1.29, 1.82) is 10.5 Å². The van der Waals surface area contributed by atoms with Crippen LogP contribution < -0.4 is 0 Å². The van der Waals surface area contributed by atoms with Crippen LogP contribution in [-0.4, -0.2) is 40.5 Å². The van der Waals surface area contributed by atoms with E-state index in [0.29, 0.717) is 51.2 Å². The molecule has 3 aliphatic heterocycles. The van der Waals surface area contributed by atoms with Gasteiger partial charge in [0.1, 0.15) is 17.0 Å². The van der Waals surface area contributed by atoms with Crippen molar-refractivity contribution in [1.82, 2.24) is 9.80 Å². The fourth-order valence-corrected chi connectivity index (χ4v) is 6.61. The first-order valence-corrected chi connectivity index (χ1v) is 14.9. The molecule has 0 radical (unpaired) electrons. The van der Waals surface area contributed by atoms with E-state index in [1.807, 2.05) is 12.1 Å².